The fourth-order valence-electron chi connectivity index (χ4n) is 0.958. The van der Waals surface area contributed by atoms with E-state index in [-0.39, 0.29) is 6.42 Å². The third-order valence-corrected chi connectivity index (χ3v) is 1.55. The molecule has 0 radical (unpaired) electrons. The lowest BCUT2D eigenvalue weighted by molar-refractivity contribution is -0.139. The molecule has 0 saturated heterocycles. The molecule has 0 aliphatic rings. The van der Waals surface area contributed by atoms with Crippen molar-refractivity contribution in [3.05, 3.63) is 35.9 Å². The standard InChI is InChI=1S/C9H10O3/c10-8(6-9(11)12)7-4-2-1-3-5-7/h1-5,8,10H,6H2,(H,11,12)/t8-/m1/s1. The van der Waals surface area contributed by atoms with E-state index < -0.39 is 12.1 Å². The summed E-state index contributed by atoms with van der Waals surface area (Å²) in [6, 6.07) is 8.75. The van der Waals surface area contributed by atoms with E-state index >= 15 is 0 Å². The number of aliphatic hydroxyl groups excluding tert-OH is 1. The van der Waals surface area contributed by atoms with Crippen molar-refractivity contribution in [1.82, 2.24) is 0 Å². The van der Waals surface area contributed by atoms with Gasteiger partial charge < -0.3 is 10.2 Å². The van der Waals surface area contributed by atoms with Crippen molar-refractivity contribution in [3.8, 4) is 0 Å². The predicted molar refractivity (Wildman–Crippen MR) is 43.7 cm³/mol. The fourth-order valence-corrected chi connectivity index (χ4v) is 0.958. The van der Waals surface area contributed by atoms with Gasteiger partial charge in [-0.15, -0.1) is 0 Å². The van der Waals surface area contributed by atoms with Crippen LogP contribution in [0.3, 0.4) is 0 Å². The molecule has 3 nitrogen and oxygen atoms in total. The molecule has 0 fully saturated rings. The molecule has 2 N–H and O–H groups in total. The summed E-state index contributed by atoms with van der Waals surface area (Å²) in [5.74, 6) is -0.994. The molecule has 1 aromatic carbocycles. The summed E-state index contributed by atoms with van der Waals surface area (Å²) in [5, 5.41) is 17.7. The molecule has 0 saturated carbocycles. The van der Waals surface area contributed by atoms with Crippen molar-refractivity contribution < 1.29 is 15.0 Å². The Morgan fingerprint density at radius 2 is 1.92 bits per heavy atom. The molecular weight excluding hydrogens is 156 g/mol. The molecule has 1 rings (SSSR count). The van der Waals surface area contributed by atoms with Crippen molar-refractivity contribution in [1.29, 1.82) is 0 Å². The molecule has 0 heterocycles. The maximum atomic E-state index is 10.2. The highest BCUT2D eigenvalue weighted by Crippen LogP contribution is 2.15. The maximum Gasteiger partial charge on any atom is 0.306 e. The van der Waals surface area contributed by atoms with E-state index in [0.29, 0.717) is 5.56 Å². The van der Waals surface area contributed by atoms with Gasteiger partial charge in [-0.25, -0.2) is 0 Å². The predicted octanol–water partition coefficient (Wildman–Crippen LogP) is 1.19. The van der Waals surface area contributed by atoms with Crippen molar-refractivity contribution >= 4 is 5.97 Å². The number of hydrogen-bond donors (Lipinski definition) is 2. The lowest BCUT2D eigenvalue weighted by Crippen LogP contribution is -2.04. The summed E-state index contributed by atoms with van der Waals surface area (Å²) < 4.78 is 0. The Kier molecular flexibility index (Phi) is 2.82. The molecule has 0 unspecified atom stereocenters. The quantitative estimate of drug-likeness (QED) is 0.709. The van der Waals surface area contributed by atoms with Crippen LogP contribution in [0.2, 0.25) is 0 Å². The van der Waals surface area contributed by atoms with Crippen LogP contribution < -0.4 is 0 Å². The third kappa shape index (κ3) is 2.36. The first-order chi connectivity index (χ1) is 5.70. The zero-order chi connectivity index (χ0) is 8.97. The van der Waals surface area contributed by atoms with Gasteiger partial charge in [-0.3, -0.25) is 4.79 Å². The summed E-state index contributed by atoms with van der Waals surface area (Å²) in [6.45, 7) is 0. The Labute approximate surface area is 70.3 Å². The van der Waals surface area contributed by atoms with E-state index in [1.54, 1.807) is 24.3 Å². The minimum Gasteiger partial charge on any atom is -0.481 e. The third-order valence-electron chi connectivity index (χ3n) is 1.55. The molecule has 64 valence electrons. The van der Waals surface area contributed by atoms with Crippen LogP contribution in [0.4, 0.5) is 0 Å². The summed E-state index contributed by atoms with van der Waals surface area (Å²) in [5.41, 5.74) is 0.639. The van der Waals surface area contributed by atoms with E-state index in [1.807, 2.05) is 6.07 Å². The number of carboxylic acids is 1. The highest BCUT2D eigenvalue weighted by Gasteiger charge is 2.10. The van der Waals surface area contributed by atoms with Gasteiger partial charge in [-0.1, -0.05) is 30.3 Å². The highest BCUT2D eigenvalue weighted by molar-refractivity contribution is 5.67. The molecule has 1 atom stereocenters. The van der Waals surface area contributed by atoms with Crippen LogP contribution in [-0.2, 0) is 4.79 Å². The topological polar surface area (TPSA) is 57.5 Å². The SMILES string of the molecule is O=C(O)C[C@@H](O)c1ccccc1. The normalized spacial score (nSPS) is 12.4. The summed E-state index contributed by atoms with van der Waals surface area (Å²) in [6.07, 6.45) is -1.15. The van der Waals surface area contributed by atoms with E-state index in [2.05, 4.69) is 0 Å². The number of aliphatic carboxylic acids is 1. The van der Waals surface area contributed by atoms with Crippen LogP contribution in [0.25, 0.3) is 0 Å². The smallest absolute Gasteiger partial charge is 0.306 e. The largest absolute Gasteiger partial charge is 0.481 e. The number of carboxylic acid groups (broad SMARTS) is 1. The van der Waals surface area contributed by atoms with E-state index in [9.17, 15) is 9.90 Å². The van der Waals surface area contributed by atoms with Gasteiger partial charge in [0.15, 0.2) is 0 Å². The van der Waals surface area contributed by atoms with Crippen LogP contribution in [0.1, 0.15) is 18.1 Å². The van der Waals surface area contributed by atoms with Crippen molar-refractivity contribution in [2.24, 2.45) is 0 Å². The number of rotatable bonds is 3. The second kappa shape index (κ2) is 3.88. The van der Waals surface area contributed by atoms with Crippen LogP contribution in [0, 0.1) is 0 Å². The van der Waals surface area contributed by atoms with Gasteiger partial charge in [-0.2, -0.15) is 0 Å². The summed E-state index contributed by atoms with van der Waals surface area (Å²) >= 11 is 0. The van der Waals surface area contributed by atoms with Crippen molar-refractivity contribution in [3.63, 3.8) is 0 Å². The lowest BCUT2D eigenvalue weighted by Gasteiger charge is -2.06. The van der Waals surface area contributed by atoms with Crippen LogP contribution in [0.15, 0.2) is 30.3 Å². The fraction of sp³-hybridized carbons (Fsp3) is 0.222. The van der Waals surface area contributed by atoms with Gasteiger partial charge in [0.05, 0.1) is 12.5 Å². The zero-order valence-electron chi connectivity index (χ0n) is 6.47. The van der Waals surface area contributed by atoms with Gasteiger partial charge in [0.25, 0.3) is 0 Å². The Morgan fingerprint density at radius 1 is 1.33 bits per heavy atom. The van der Waals surface area contributed by atoms with Gasteiger partial charge >= 0.3 is 5.97 Å². The molecule has 1 aromatic rings. The molecule has 0 aliphatic carbocycles. The van der Waals surface area contributed by atoms with Gasteiger partial charge in [-0.05, 0) is 5.56 Å². The lowest BCUT2D eigenvalue weighted by atomic mass is 10.1. The number of aliphatic hydroxyl groups is 1. The monoisotopic (exact) mass is 166 g/mol. The summed E-state index contributed by atoms with van der Waals surface area (Å²) in [4.78, 5) is 10.2. The highest BCUT2D eigenvalue weighted by atomic mass is 16.4. The molecule has 0 spiro atoms. The second-order valence-electron chi connectivity index (χ2n) is 2.52. The van der Waals surface area contributed by atoms with Crippen LogP contribution >= 0.6 is 0 Å². The van der Waals surface area contributed by atoms with E-state index in [0.717, 1.165) is 0 Å². The first-order valence-corrected chi connectivity index (χ1v) is 3.65. The number of carbonyl (C=O) groups is 1. The zero-order valence-corrected chi connectivity index (χ0v) is 6.47. The van der Waals surface area contributed by atoms with Gasteiger partial charge in [0.1, 0.15) is 0 Å². The average molecular weight is 166 g/mol. The van der Waals surface area contributed by atoms with E-state index in [4.69, 9.17) is 5.11 Å². The molecule has 12 heavy (non-hydrogen) atoms. The van der Waals surface area contributed by atoms with Gasteiger partial charge in [0, 0.05) is 0 Å². The second-order valence-corrected chi connectivity index (χ2v) is 2.52. The Bertz CT molecular complexity index is 256. The molecule has 0 aliphatic heterocycles. The Hall–Kier alpha value is -1.35. The minimum absolute atomic E-state index is 0.246. The number of benzene rings is 1. The summed E-state index contributed by atoms with van der Waals surface area (Å²) in [7, 11) is 0. The van der Waals surface area contributed by atoms with Crippen LogP contribution in [-0.4, -0.2) is 16.2 Å². The Balaban J connectivity index is 2.65. The van der Waals surface area contributed by atoms with E-state index in [1.165, 1.54) is 0 Å². The van der Waals surface area contributed by atoms with Gasteiger partial charge in [0.2, 0.25) is 0 Å². The van der Waals surface area contributed by atoms with Crippen molar-refractivity contribution in [2.45, 2.75) is 12.5 Å². The first-order valence-electron chi connectivity index (χ1n) is 3.65. The van der Waals surface area contributed by atoms with Crippen molar-refractivity contribution in [2.75, 3.05) is 0 Å². The minimum atomic E-state index is -0.994. The van der Waals surface area contributed by atoms with Crippen LogP contribution in [0.5, 0.6) is 0 Å². The maximum absolute atomic E-state index is 10.2. The Morgan fingerprint density at radius 3 is 2.42 bits per heavy atom. The number of hydrogen-bond acceptors (Lipinski definition) is 2. The molecular formula is C9H10O3. The molecule has 0 aromatic heterocycles. The molecule has 3 heteroatoms. The first kappa shape index (κ1) is 8.74. The molecule has 0 bridgehead atoms. The average Bonchev–Trinajstić information content (AvgIpc) is 2.05. The molecule has 0 amide bonds.